The summed E-state index contributed by atoms with van der Waals surface area (Å²) in [5.41, 5.74) is 0. The minimum atomic E-state index is -3.12. The van der Waals surface area contributed by atoms with Crippen LogP contribution in [-0.4, -0.2) is 45.2 Å². The average Bonchev–Trinajstić information content (AvgIpc) is 2.25. The van der Waals surface area contributed by atoms with Gasteiger partial charge in [0, 0.05) is 26.2 Å². The fourth-order valence-corrected chi connectivity index (χ4v) is 3.67. The molecule has 0 aromatic rings. The van der Waals surface area contributed by atoms with Crippen LogP contribution in [0.4, 0.5) is 0 Å². The summed E-state index contributed by atoms with van der Waals surface area (Å²) in [5.74, 6) is 1.57. The summed E-state index contributed by atoms with van der Waals surface area (Å²) in [7, 11) is -3.12. The molecule has 0 radical (unpaired) electrons. The minimum Gasteiger partial charge on any atom is -0.302 e. The number of sulfonamides is 1. The Morgan fingerprint density at radius 3 is 2.50 bits per heavy atom. The molecule has 0 aromatic carbocycles. The minimum absolute atomic E-state index is 0.142. The molecule has 1 aliphatic heterocycles. The molecule has 1 fully saturated rings. The second kappa shape index (κ2) is 7.26. The lowest BCUT2D eigenvalue weighted by Gasteiger charge is -2.34. The van der Waals surface area contributed by atoms with Gasteiger partial charge in [-0.1, -0.05) is 19.9 Å². The van der Waals surface area contributed by atoms with Crippen molar-refractivity contribution in [2.24, 2.45) is 11.8 Å². The molecule has 1 N–H and O–H groups in total. The van der Waals surface area contributed by atoms with Crippen LogP contribution < -0.4 is 4.72 Å². The van der Waals surface area contributed by atoms with Gasteiger partial charge in [-0.15, -0.1) is 6.58 Å². The first kappa shape index (κ1) is 15.7. The zero-order valence-electron chi connectivity index (χ0n) is 11.6. The fourth-order valence-electron chi connectivity index (χ4n) is 2.64. The number of nitrogens with one attached hydrogen (secondary N) is 1. The molecule has 0 aromatic heterocycles. The van der Waals surface area contributed by atoms with E-state index in [2.05, 4.69) is 30.0 Å². The van der Waals surface area contributed by atoms with Crippen molar-refractivity contribution in [3.8, 4) is 0 Å². The van der Waals surface area contributed by atoms with Crippen LogP contribution in [0.5, 0.6) is 0 Å². The Bertz CT molecular complexity index is 344. The summed E-state index contributed by atoms with van der Waals surface area (Å²) in [6, 6.07) is 0. The van der Waals surface area contributed by atoms with Crippen molar-refractivity contribution in [3.05, 3.63) is 12.7 Å². The number of likely N-dealkylation sites (tertiary alicyclic amines) is 1. The summed E-state index contributed by atoms with van der Waals surface area (Å²) >= 11 is 0. The van der Waals surface area contributed by atoms with Gasteiger partial charge in [-0.05, 0) is 24.7 Å². The molecule has 1 saturated heterocycles. The Hall–Kier alpha value is -0.390. The number of rotatable bonds is 7. The highest BCUT2D eigenvalue weighted by molar-refractivity contribution is 7.89. The highest BCUT2D eigenvalue weighted by Crippen LogP contribution is 2.20. The lowest BCUT2D eigenvalue weighted by Crippen LogP contribution is -2.43. The van der Waals surface area contributed by atoms with E-state index in [-0.39, 0.29) is 5.75 Å². The van der Waals surface area contributed by atoms with Gasteiger partial charge in [-0.2, -0.15) is 0 Å². The van der Waals surface area contributed by atoms with Crippen molar-refractivity contribution in [1.29, 1.82) is 0 Å². The highest BCUT2D eigenvalue weighted by Gasteiger charge is 2.21. The van der Waals surface area contributed by atoms with Gasteiger partial charge < -0.3 is 4.90 Å². The van der Waals surface area contributed by atoms with Gasteiger partial charge in [0.2, 0.25) is 10.0 Å². The third-order valence-corrected chi connectivity index (χ3v) is 4.70. The highest BCUT2D eigenvalue weighted by atomic mass is 32.2. The first-order valence-corrected chi connectivity index (χ1v) is 8.38. The van der Waals surface area contributed by atoms with E-state index in [1.807, 2.05) is 0 Å². The molecule has 2 atom stereocenters. The van der Waals surface area contributed by atoms with Gasteiger partial charge in [-0.25, -0.2) is 13.1 Å². The molecule has 1 heterocycles. The van der Waals surface area contributed by atoms with E-state index in [0.29, 0.717) is 24.8 Å². The van der Waals surface area contributed by atoms with Gasteiger partial charge in [0.05, 0.1) is 5.75 Å². The molecular formula is C13H26N2O2S. The molecular weight excluding hydrogens is 248 g/mol. The molecule has 106 valence electrons. The number of piperidine rings is 1. The maximum Gasteiger partial charge on any atom is 0.211 e. The molecule has 1 rings (SSSR count). The third kappa shape index (κ3) is 5.98. The quantitative estimate of drug-likeness (QED) is 0.715. The van der Waals surface area contributed by atoms with Crippen LogP contribution in [0.2, 0.25) is 0 Å². The lowest BCUT2D eigenvalue weighted by molar-refractivity contribution is 0.143. The zero-order valence-corrected chi connectivity index (χ0v) is 12.4. The van der Waals surface area contributed by atoms with Crippen LogP contribution in [0, 0.1) is 11.8 Å². The second-order valence-corrected chi connectivity index (χ2v) is 7.42. The lowest BCUT2D eigenvalue weighted by atomic mass is 9.92. The molecule has 1 aliphatic rings. The van der Waals surface area contributed by atoms with Crippen molar-refractivity contribution in [3.63, 3.8) is 0 Å². The first-order valence-electron chi connectivity index (χ1n) is 6.73. The maximum absolute atomic E-state index is 11.6. The van der Waals surface area contributed by atoms with Crippen molar-refractivity contribution in [2.75, 3.05) is 31.9 Å². The Morgan fingerprint density at radius 2 is 1.94 bits per heavy atom. The van der Waals surface area contributed by atoms with E-state index in [9.17, 15) is 8.42 Å². The summed E-state index contributed by atoms with van der Waals surface area (Å²) in [5, 5.41) is 0. The van der Waals surface area contributed by atoms with Gasteiger partial charge in [0.1, 0.15) is 0 Å². The summed E-state index contributed by atoms with van der Waals surface area (Å²) in [6.07, 6.45) is 3.42. The van der Waals surface area contributed by atoms with Gasteiger partial charge in [0.25, 0.3) is 0 Å². The van der Waals surface area contributed by atoms with Crippen LogP contribution in [0.1, 0.15) is 26.7 Å². The van der Waals surface area contributed by atoms with E-state index in [1.165, 1.54) is 6.42 Å². The average molecular weight is 274 g/mol. The van der Waals surface area contributed by atoms with E-state index < -0.39 is 10.0 Å². The van der Waals surface area contributed by atoms with Crippen LogP contribution in [0.3, 0.4) is 0 Å². The van der Waals surface area contributed by atoms with E-state index in [1.54, 1.807) is 6.08 Å². The monoisotopic (exact) mass is 274 g/mol. The predicted octanol–water partition coefficient (Wildman–Crippen LogP) is 1.46. The topological polar surface area (TPSA) is 49.4 Å². The zero-order chi connectivity index (χ0) is 13.6. The van der Waals surface area contributed by atoms with Crippen LogP contribution in [-0.2, 0) is 10.0 Å². The van der Waals surface area contributed by atoms with Crippen molar-refractivity contribution in [2.45, 2.75) is 26.7 Å². The Balaban J connectivity index is 2.26. The second-order valence-electron chi connectivity index (χ2n) is 5.50. The SMILES string of the molecule is C=CCCS(=O)(=O)NCCN1CC(C)CC(C)C1. The van der Waals surface area contributed by atoms with Crippen molar-refractivity contribution in [1.82, 2.24) is 9.62 Å². The number of allylic oxidation sites excluding steroid dienone is 1. The smallest absolute Gasteiger partial charge is 0.211 e. The normalized spacial score (nSPS) is 26.1. The van der Waals surface area contributed by atoms with Crippen molar-refractivity contribution < 1.29 is 8.42 Å². The molecule has 0 amide bonds. The standard InChI is InChI=1S/C13H26N2O2S/c1-4-5-8-18(16,17)14-6-7-15-10-12(2)9-13(3)11-15/h4,12-14H,1,5-11H2,2-3H3. The molecule has 18 heavy (non-hydrogen) atoms. The molecule has 4 nitrogen and oxygen atoms in total. The predicted molar refractivity (Wildman–Crippen MR) is 76.0 cm³/mol. The number of hydrogen-bond acceptors (Lipinski definition) is 3. The van der Waals surface area contributed by atoms with Crippen LogP contribution >= 0.6 is 0 Å². The first-order chi connectivity index (χ1) is 8.43. The van der Waals surface area contributed by atoms with E-state index in [0.717, 1.165) is 19.6 Å². The molecule has 5 heteroatoms. The molecule has 0 saturated carbocycles. The summed E-state index contributed by atoms with van der Waals surface area (Å²) < 4.78 is 25.8. The van der Waals surface area contributed by atoms with E-state index in [4.69, 9.17) is 0 Å². The Labute approximate surface area is 111 Å². The van der Waals surface area contributed by atoms with Gasteiger partial charge in [0.15, 0.2) is 0 Å². The Morgan fingerprint density at radius 1 is 1.33 bits per heavy atom. The Kier molecular flexibility index (Phi) is 6.32. The molecule has 2 unspecified atom stereocenters. The van der Waals surface area contributed by atoms with Crippen molar-refractivity contribution >= 4 is 10.0 Å². The van der Waals surface area contributed by atoms with Crippen LogP contribution in [0.15, 0.2) is 12.7 Å². The summed E-state index contributed by atoms with van der Waals surface area (Å²) in [6.45, 7) is 11.5. The summed E-state index contributed by atoms with van der Waals surface area (Å²) in [4.78, 5) is 2.36. The van der Waals surface area contributed by atoms with Gasteiger partial charge in [-0.3, -0.25) is 0 Å². The fraction of sp³-hybridized carbons (Fsp3) is 0.846. The number of hydrogen-bond donors (Lipinski definition) is 1. The van der Waals surface area contributed by atoms with Gasteiger partial charge >= 0.3 is 0 Å². The van der Waals surface area contributed by atoms with Crippen LogP contribution in [0.25, 0.3) is 0 Å². The molecule has 0 bridgehead atoms. The third-order valence-electron chi connectivity index (χ3n) is 3.29. The van der Waals surface area contributed by atoms with E-state index >= 15 is 0 Å². The molecule has 0 aliphatic carbocycles. The maximum atomic E-state index is 11.6. The molecule has 0 spiro atoms. The number of nitrogens with zero attached hydrogens (tertiary/aromatic N) is 1. The largest absolute Gasteiger partial charge is 0.302 e.